The Bertz CT molecular complexity index is 1130. The van der Waals surface area contributed by atoms with Gasteiger partial charge in [0.05, 0.1) is 19.7 Å². The molecular weight excluding hydrogens is 394 g/mol. The number of ketones is 2. The van der Waals surface area contributed by atoms with Crippen LogP contribution in [-0.4, -0.2) is 29.5 Å². The first-order valence-corrected chi connectivity index (χ1v) is 9.96. The maximum atomic E-state index is 13.5. The molecule has 2 N–H and O–H groups in total. The minimum Gasteiger partial charge on any atom is -0.496 e. The molecule has 156 valence electrons. The molecule has 0 aliphatic carbocycles. The van der Waals surface area contributed by atoms with Crippen LogP contribution in [0.2, 0.25) is 0 Å². The van der Waals surface area contributed by atoms with Crippen LogP contribution in [0.1, 0.15) is 33.1 Å². The summed E-state index contributed by atoms with van der Waals surface area (Å²) in [5.74, 6) is -2.18. The Balaban J connectivity index is 1.76. The number of Topliss-reactive ketones (excluding diaryl/α,β-unsaturated/α-hetero) is 2. The van der Waals surface area contributed by atoms with Gasteiger partial charge in [-0.3, -0.25) is 14.4 Å². The molecule has 0 spiro atoms. The van der Waals surface area contributed by atoms with Crippen molar-refractivity contribution >= 4 is 17.5 Å². The molecule has 7 heteroatoms. The summed E-state index contributed by atoms with van der Waals surface area (Å²) in [6, 6.07) is 11.6. The summed E-state index contributed by atoms with van der Waals surface area (Å²) in [6.45, 7) is 2.05. The number of hydrogen-bond donors (Lipinski definition) is 0. The summed E-state index contributed by atoms with van der Waals surface area (Å²) >= 11 is 0. The van der Waals surface area contributed by atoms with Gasteiger partial charge >= 0.3 is 0 Å². The fourth-order valence-corrected chi connectivity index (χ4v) is 4.06. The second kappa shape index (κ2) is 8.47. The number of hydrogen-bond acceptors (Lipinski definition) is 4. The topological polar surface area (TPSA) is 92.0 Å². The van der Waals surface area contributed by atoms with Crippen LogP contribution < -0.4 is 14.7 Å². The number of nitrogens with zero attached hydrogens (tertiary/aromatic N) is 1. The van der Waals surface area contributed by atoms with Gasteiger partial charge in [0.2, 0.25) is 5.78 Å². The second-order valence-electron chi connectivity index (χ2n) is 7.52. The molecule has 31 heavy (non-hydrogen) atoms. The van der Waals surface area contributed by atoms with Crippen molar-refractivity contribution in [1.82, 2.24) is 4.90 Å². The third-order valence-electron chi connectivity index (χ3n) is 5.56. The third-order valence-corrected chi connectivity index (χ3v) is 5.56. The number of aromatic nitrogens is 2. The van der Waals surface area contributed by atoms with Crippen molar-refractivity contribution in [3.63, 3.8) is 0 Å². The Labute approximate surface area is 179 Å². The Morgan fingerprint density at radius 3 is 2.42 bits per heavy atom. The van der Waals surface area contributed by atoms with E-state index in [2.05, 4.69) is 9.97 Å². The minimum atomic E-state index is -1.12. The summed E-state index contributed by atoms with van der Waals surface area (Å²) < 4.78 is 5.27. The fourth-order valence-electron chi connectivity index (χ4n) is 4.06. The number of nitrogens with one attached hydrogen (secondary N) is 2. The third kappa shape index (κ3) is 3.82. The van der Waals surface area contributed by atoms with Gasteiger partial charge in [-0.05, 0) is 42.8 Å². The molecule has 0 saturated carbocycles. The van der Waals surface area contributed by atoms with Gasteiger partial charge in [-0.1, -0.05) is 0 Å². The maximum Gasteiger partial charge on any atom is 0.291 e. The van der Waals surface area contributed by atoms with Gasteiger partial charge < -0.3 is 9.64 Å². The number of ether oxygens (including phenoxy) is 1. The van der Waals surface area contributed by atoms with Gasteiger partial charge in [0, 0.05) is 28.8 Å². The van der Waals surface area contributed by atoms with Gasteiger partial charge in [0.25, 0.3) is 5.91 Å². The Hall–Kier alpha value is -3.87. The number of H-pyrrole nitrogens is 2. The van der Waals surface area contributed by atoms with Crippen LogP contribution >= 0.6 is 0 Å². The monoisotopic (exact) mass is 417 g/mol. The molecular formula is C24H23N3O4+2. The Kier molecular flexibility index (Phi) is 5.58. The number of amides is 1. The van der Waals surface area contributed by atoms with E-state index in [1.807, 2.05) is 25.1 Å². The van der Waals surface area contributed by atoms with E-state index in [4.69, 9.17) is 4.74 Å². The highest BCUT2D eigenvalue weighted by molar-refractivity contribution is 6.44. The molecule has 3 heterocycles. The number of benzene rings is 1. The molecule has 2 unspecified atom stereocenters. The number of carbonyl (C=O) groups excluding carboxylic acids is 3. The number of aryl methyl sites for hydroxylation is 1. The number of methoxy groups -OCH3 is 1. The van der Waals surface area contributed by atoms with Crippen molar-refractivity contribution in [2.45, 2.75) is 19.5 Å². The van der Waals surface area contributed by atoms with Gasteiger partial charge in [0.1, 0.15) is 11.7 Å². The van der Waals surface area contributed by atoms with Crippen molar-refractivity contribution in [3.8, 4) is 5.75 Å². The van der Waals surface area contributed by atoms with Crippen molar-refractivity contribution < 1.29 is 29.1 Å². The lowest BCUT2D eigenvalue weighted by Gasteiger charge is -2.25. The molecule has 4 rings (SSSR count). The van der Waals surface area contributed by atoms with Crippen LogP contribution in [0, 0.1) is 12.8 Å². The smallest absolute Gasteiger partial charge is 0.291 e. The van der Waals surface area contributed by atoms with Crippen LogP contribution in [0.4, 0.5) is 0 Å². The summed E-state index contributed by atoms with van der Waals surface area (Å²) in [6.07, 6.45) is 7.00. The molecule has 2 aromatic heterocycles. The van der Waals surface area contributed by atoms with E-state index in [9.17, 15) is 14.4 Å². The van der Waals surface area contributed by atoms with Gasteiger partial charge in [-0.2, -0.15) is 0 Å². The molecule has 1 aromatic carbocycles. The SMILES string of the molecule is COc1ccc(C(=O)C2C(=O)C(=O)N(Cc3ccc[nH+]c3)C2c2ccc[nH+]c2)cc1C. The molecule has 2 atom stereocenters. The molecule has 3 aromatic rings. The fraction of sp³-hybridized carbons (Fsp3) is 0.208. The van der Waals surface area contributed by atoms with E-state index in [1.54, 1.807) is 56.2 Å². The van der Waals surface area contributed by atoms with E-state index in [0.717, 1.165) is 11.1 Å². The van der Waals surface area contributed by atoms with E-state index >= 15 is 0 Å². The molecule has 7 nitrogen and oxygen atoms in total. The van der Waals surface area contributed by atoms with Gasteiger partial charge in [0.15, 0.2) is 30.6 Å². The molecule has 1 aliphatic rings. The van der Waals surface area contributed by atoms with Gasteiger partial charge in [-0.25, -0.2) is 9.97 Å². The highest BCUT2D eigenvalue weighted by Gasteiger charge is 2.52. The molecule has 1 fully saturated rings. The first-order valence-electron chi connectivity index (χ1n) is 9.96. The second-order valence-corrected chi connectivity index (χ2v) is 7.52. The predicted octanol–water partition coefficient (Wildman–Crippen LogP) is 1.78. The summed E-state index contributed by atoms with van der Waals surface area (Å²) in [5, 5.41) is 0. The first kappa shape index (κ1) is 20.4. The molecule has 1 saturated heterocycles. The van der Waals surface area contributed by atoms with Crippen molar-refractivity contribution in [2.24, 2.45) is 5.92 Å². The zero-order chi connectivity index (χ0) is 22.0. The van der Waals surface area contributed by atoms with Crippen molar-refractivity contribution in [3.05, 3.63) is 89.5 Å². The largest absolute Gasteiger partial charge is 0.496 e. The maximum absolute atomic E-state index is 13.5. The van der Waals surface area contributed by atoms with Crippen LogP contribution in [-0.2, 0) is 16.1 Å². The number of aromatic amines is 2. The first-order chi connectivity index (χ1) is 15.0. The summed E-state index contributed by atoms with van der Waals surface area (Å²) in [5.41, 5.74) is 2.70. The molecule has 1 aliphatic heterocycles. The summed E-state index contributed by atoms with van der Waals surface area (Å²) in [4.78, 5) is 47.0. The van der Waals surface area contributed by atoms with Crippen molar-refractivity contribution in [2.75, 3.05) is 7.11 Å². The normalized spacial score (nSPS) is 18.3. The zero-order valence-corrected chi connectivity index (χ0v) is 17.3. The number of pyridine rings is 2. The number of likely N-dealkylation sites (tertiary alicyclic amines) is 1. The standard InChI is InChI=1S/C24H21N3O4/c1-15-11-17(7-8-19(15)31-2)22(28)20-21(18-6-4-10-26-13-18)27(24(30)23(20)29)14-16-5-3-9-25-12-16/h3-13,20-21H,14H2,1-2H3/p+2. The van der Waals surface area contributed by atoms with Crippen LogP contribution in [0.3, 0.4) is 0 Å². The number of carbonyl (C=O) groups is 3. The van der Waals surface area contributed by atoms with Gasteiger partial charge in [-0.15, -0.1) is 0 Å². The Morgan fingerprint density at radius 2 is 1.81 bits per heavy atom. The lowest BCUT2D eigenvalue weighted by Crippen LogP contribution is -2.31. The quantitative estimate of drug-likeness (QED) is 0.347. The highest BCUT2D eigenvalue weighted by atomic mass is 16.5. The van der Waals surface area contributed by atoms with Crippen molar-refractivity contribution in [1.29, 1.82) is 0 Å². The van der Waals surface area contributed by atoms with E-state index in [0.29, 0.717) is 16.9 Å². The van der Waals surface area contributed by atoms with Crippen LogP contribution in [0.5, 0.6) is 5.75 Å². The minimum absolute atomic E-state index is 0.215. The zero-order valence-electron chi connectivity index (χ0n) is 17.3. The number of rotatable bonds is 6. The average molecular weight is 417 g/mol. The molecule has 0 bridgehead atoms. The van der Waals surface area contributed by atoms with E-state index in [-0.39, 0.29) is 12.3 Å². The van der Waals surface area contributed by atoms with E-state index in [1.165, 1.54) is 4.90 Å². The Morgan fingerprint density at radius 1 is 1.06 bits per heavy atom. The summed E-state index contributed by atoms with van der Waals surface area (Å²) in [7, 11) is 1.56. The average Bonchev–Trinajstić information content (AvgIpc) is 3.04. The van der Waals surface area contributed by atoms with Crippen LogP contribution in [0.15, 0.2) is 67.3 Å². The lowest BCUT2D eigenvalue weighted by molar-refractivity contribution is -0.379. The highest BCUT2D eigenvalue weighted by Crippen LogP contribution is 2.39. The predicted molar refractivity (Wildman–Crippen MR) is 110 cm³/mol. The van der Waals surface area contributed by atoms with E-state index < -0.39 is 23.7 Å². The molecule has 0 radical (unpaired) electrons. The molecule has 1 amide bonds. The van der Waals surface area contributed by atoms with Crippen LogP contribution in [0.25, 0.3) is 0 Å². The lowest BCUT2D eigenvalue weighted by atomic mass is 9.86.